The van der Waals surface area contributed by atoms with Gasteiger partial charge in [-0.3, -0.25) is 0 Å². The summed E-state index contributed by atoms with van der Waals surface area (Å²) in [6.45, 7) is 0.815. The van der Waals surface area contributed by atoms with Crippen LogP contribution in [-0.4, -0.2) is 33.3 Å². The van der Waals surface area contributed by atoms with Gasteiger partial charge in [-0.15, -0.1) is 0 Å². The largest absolute Gasteiger partial charge is 0.486 e. The third-order valence-corrected chi connectivity index (χ3v) is 4.91. The van der Waals surface area contributed by atoms with Crippen molar-refractivity contribution in [3.05, 3.63) is 54.1 Å². The molecule has 0 radical (unpaired) electrons. The van der Waals surface area contributed by atoms with Crippen molar-refractivity contribution in [2.75, 3.05) is 19.8 Å². The van der Waals surface area contributed by atoms with Crippen LogP contribution in [0.25, 0.3) is 0 Å². The van der Waals surface area contributed by atoms with E-state index in [0.29, 0.717) is 30.3 Å². The molecule has 2 N–H and O–H groups in total. The first-order valence-corrected chi connectivity index (χ1v) is 8.67. The Morgan fingerprint density at radius 3 is 2.48 bits per heavy atom. The molecule has 0 saturated heterocycles. The zero-order valence-electron chi connectivity index (χ0n) is 12.3. The summed E-state index contributed by atoms with van der Waals surface area (Å²) in [5.41, 5.74) is 0.560. The Balaban J connectivity index is 1.69. The van der Waals surface area contributed by atoms with Crippen molar-refractivity contribution < 1.29 is 23.0 Å². The van der Waals surface area contributed by atoms with E-state index in [1.165, 1.54) is 12.1 Å². The van der Waals surface area contributed by atoms with Crippen LogP contribution in [0.4, 0.5) is 0 Å². The molecular weight excluding hydrogens is 318 g/mol. The fourth-order valence-electron chi connectivity index (χ4n) is 2.26. The fourth-order valence-corrected chi connectivity index (χ4v) is 3.32. The van der Waals surface area contributed by atoms with Gasteiger partial charge in [-0.05, 0) is 29.8 Å². The molecule has 1 heterocycles. The fraction of sp³-hybridized carbons (Fsp3) is 0.250. The minimum atomic E-state index is -3.65. The first kappa shape index (κ1) is 15.8. The van der Waals surface area contributed by atoms with Gasteiger partial charge in [0.25, 0.3) is 0 Å². The normalized spacial score (nSPS) is 15.2. The van der Waals surface area contributed by atoms with Gasteiger partial charge in [0.2, 0.25) is 10.0 Å². The lowest BCUT2D eigenvalue weighted by Gasteiger charge is -2.20. The molecule has 1 aliphatic heterocycles. The lowest BCUT2D eigenvalue weighted by molar-refractivity contribution is 0.165. The first-order valence-electron chi connectivity index (χ1n) is 7.18. The van der Waals surface area contributed by atoms with Crippen LogP contribution in [0.1, 0.15) is 11.7 Å². The number of fused-ring (bicyclic) bond motifs is 1. The quantitative estimate of drug-likeness (QED) is 0.864. The Labute approximate surface area is 134 Å². The zero-order valence-corrected chi connectivity index (χ0v) is 13.1. The van der Waals surface area contributed by atoms with Crippen LogP contribution in [0.5, 0.6) is 11.5 Å². The van der Waals surface area contributed by atoms with Gasteiger partial charge in [0.05, 0.1) is 11.0 Å². The maximum atomic E-state index is 12.1. The second-order valence-electron chi connectivity index (χ2n) is 5.08. The zero-order chi connectivity index (χ0) is 16.3. The van der Waals surface area contributed by atoms with Gasteiger partial charge in [0.1, 0.15) is 13.2 Å². The third kappa shape index (κ3) is 3.64. The summed E-state index contributed by atoms with van der Waals surface area (Å²) in [6, 6.07) is 13.1. The average Bonchev–Trinajstić information content (AvgIpc) is 2.60. The molecule has 23 heavy (non-hydrogen) atoms. The van der Waals surface area contributed by atoms with Crippen molar-refractivity contribution in [1.82, 2.24) is 4.72 Å². The Kier molecular flexibility index (Phi) is 4.51. The highest BCUT2D eigenvalue weighted by Gasteiger charge is 2.18. The van der Waals surface area contributed by atoms with Crippen LogP contribution in [-0.2, 0) is 10.0 Å². The van der Waals surface area contributed by atoms with Crippen LogP contribution < -0.4 is 14.2 Å². The summed E-state index contributed by atoms with van der Waals surface area (Å²) in [4.78, 5) is 0.161. The SMILES string of the molecule is O=S(=O)(NCC(O)c1ccc2c(c1)OCCO2)c1ccccc1. The number of hydrogen-bond donors (Lipinski definition) is 2. The molecule has 0 aromatic heterocycles. The molecule has 1 aliphatic rings. The van der Waals surface area contributed by atoms with Gasteiger partial charge in [-0.2, -0.15) is 0 Å². The van der Waals surface area contributed by atoms with Crippen molar-refractivity contribution in [2.24, 2.45) is 0 Å². The van der Waals surface area contributed by atoms with Crippen molar-refractivity contribution in [1.29, 1.82) is 0 Å². The number of sulfonamides is 1. The summed E-state index contributed by atoms with van der Waals surface area (Å²) in [6.07, 6.45) is -0.982. The predicted molar refractivity (Wildman–Crippen MR) is 84.0 cm³/mol. The Morgan fingerprint density at radius 1 is 1.04 bits per heavy atom. The Morgan fingerprint density at radius 2 is 1.74 bits per heavy atom. The summed E-state index contributed by atoms with van der Waals surface area (Å²) in [7, 11) is -3.65. The molecule has 0 amide bonds. The molecule has 1 atom stereocenters. The van der Waals surface area contributed by atoms with E-state index in [4.69, 9.17) is 9.47 Å². The van der Waals surface area contributed by atoms with E-state index < -0.39 is 16.1 Å². The smallest absolute Gasteiger partial charge is 0.240 e. The highest BCUT2D eigenvalue weighted by molar-refractivity contribution is 7.89. The lowest BCUT2D eigenvalue weighted by atomic mass is 10.1. The second-order valence-corrected chi connectivity index (χ2v) is 6.85. The second kappa shape index (κ2) is 6.57. The summed E-state index contributed by atoms with van der Waals surface area (Å²) in [5.74, 6) is 1.18. The molecule has 0 fully saturated rings. The number of benzene rings is 2. The van der Waals surface area contributed by atoms with Crippen molar-refractivity contribution in [3.8, 4) is 11.5 Å². The van der Waals surface area contributed by atoms with E-state index in [1.54, 1.807) is 36.4 Å². The van der Waals surface area contributed by atoms with E-state index in [0.717, 1.165) is 0 Å². The number of rotatable bonds is 5. The number of hydrogen-bond acceptors (Lipinski definition) is 5. The summed E-state index contributed by atoms with van der Waals surface area (Å²) in [5, 5.41) is 10.2. The Hall–Kier alpha value is -2.09. The number of aliphatic hydroxyl groups is 1. The third-order valence-electron chi connectivity index (χ3n) is 3.47. The van der Waals surface area contributed by atoms with Gasteiger partial charge in [0.15, 0.2) is 11.5 Å². The topological polar surface area (TPSA) is 84.9 Å². The van der Waals surface area contributed by atoms with Gasteiger partial charge >= 0.3 is 0 Å². The van der Waals surface area contributed by atoms with Crippen LogP contribution in [0.2, 0.25) is 0 Å². The van der Waals surface area contributed by atoms with Gasteiger partial charge in [0, 0.05) is 6.54 Å². The van der Waals surface area contributed by atoms with E-state index >= 15 is 0 Å². The Bertz CT molecular complexity index is 776. The van der Waals surface area contributed by atoms with Crippen molar-refractivity contribution >= 4 is 10.0 Å². The molecule has 0 saturated carbocycles. The molecule has 0 bridgehead atoms. The number of nitrogens with one attached hydrogen (secondary N) is 1. The maximum Gasteiger partial charge on any atom is 0.240 e. The standard InChI is InChI=1S/C16H17NO5S/c18-14(11-17-23(19,20)13-4-2-1-3-5-13)12-6-7-15-16(10-12)22-9-8-21-15/h1-7,10,14,17-18H,8-9,11H2. The van der Waals surface area contributed by atoms with Gasteiger partial charge < -0.3 is 14.6 Å². The van der Waals surface area contributed by atoms with Gasteiger partial charge in [-0.25, -0.2) is 13.1 Å². The van der Waals surface area contributed by atoms with E-state index in [9.17, 15) is 13.5 Å². The number of aliphatic hydroxyl groups excluding tert-OH is 1. The molecular formula is C16H17NO5S. The molecule has 2 aromatic rings. The minimum Gasteiger partial charge on any atom is -0.486 e. The average molecular weight is 335 g/mol. The molecule has 122 valence electrons. The molecule has 7 heteroatoms. The van der Waals surface area contributed by atoms with Crippen molar-refractivity contribution in [2.45, 2.75) is 11.0 Å². The van der Waals surface area contributed by atoms with E-state index in [2.05, 4.69) is 4.72 Å². The molecule has 0 spiro atoms. The highest BCUT2D eigenvalue weighted by Crippen LogP contribution is 2.32. The van der Waals surface area contributed by atoms with E-state index in [1.807, 2.05) is 0 Å². The molecule has 2 aromatic carbocycles. The van der Waals surface area contributed by atoms with Gasteiger partial charge in [-0.1, -0.05) is 24.3 Å². The maximum absolute atomic E-state index is 12.1. The van der Waals surface area contributed by atoms with Crippen LogP contribution in [0.3, 0.4) is 0 Å². The van der Waals surface area contributed by atoms with Crippen molar-refractivity contribution in [3.63, 3.8) is 0 Å². The van der Waals surface area contributed by atoms with Crippen LogP contribution in [0.15, 0.2) is 53.4 Å². The van der Waals surface area contributed by atoms with E-state index in [-0.39, 0.29) is 11.4 Å². The minimum absolute atomic E-state index is 0.128. The molecule has 6 nitrogen and oxygen atoms in total. The van der Waals surface area contributed by atoms with Crippen LogP contribution in [0, 0.1) is 0 Å². The first-order chi connectivity index (χ1) is 11.1. The lowest BCUT2D eigenvalue weighted by Crippen LogP contribution is -2.28. The highest BCUT2D eigenvalue weighted by atomic mass is 32.2. The predicted octanol–water partition coefficient (Wildman–Crippen LogP) is 1.47. The summed E-state index contributed by atoms with van der Waals surface area (Å²) < 4.78 is 37.5. The number of ether oxygens (including phenoxy) is 2. The molecule has 1 unspecified atom stereocenters. The summed E-state index contributed by atoms with van der Waals surface area (Å²) >= 11 is 0. The molecule has 3 rings (SSSR count). The molecule has 0 aliphatic carbocycles. The monoisotopic (exact) mass is 335 g/mol. The van der Waals surface area contributed by atoms with Crippen LogP contribution >= 0.6 is 0 Å².